The smallest absolute Gasteiger partial charge is 0.241 e. The molecule has 8 heteroatoms. The number of hydrogen-bond acceptors (Lipinski definition) is 4. The van der Waals surface area contributed by atoms with Crippen LogP contribution >= 0.6 is 0 Å². The molecule has 0 aliphatic rings. The zero-order chi connectivity index (χ0) is 13.1. The number of rotatable bonds is 4. The lowest BCUT2D eigenvalue weighted by Crippen LogP contribution is -2.10. The Hall–Kier alpha value is -2.64. The standard InChI is InChI=1S/2C4H6N2O2.C/c2*5-3(7)1-2-4(6)8;/h2*1-2H,(H2,5,7)(H2,6,8);/b2*2-1-;. The summed E-state index contributed by atoms with van der Waals surface area (Å²) < 4.78 is 0. The van der Waals surface area contributed by atoms with Gasteiger partial charge in [0, 0.05) is 31.7 Å². The molecule has 0 atom stereocenters. The van der Waals surface area contributed by atoms with Crippen LogP contribution in [-0.2, 0) is 19.2 Å². The molecular formula is C9H12N4O4. The molecule has 0 saturated carbocycles. The molecule has 0 aliphatic heterocycles. The predicted molar refractivity (Wildman–Crippen MR) is 58.3 cm³/mol. The van der Waals surface area contributed by atoms with Gasteiger partial charge >= 0.3 is 0 Å². The lowest BCUT2D eigenvalue weighted by molar-refractivity contribution is -0.115. The van der Waals surface area contributed by atoms with E-state index in [9.17, 15) is 19.2 Å². The maximum atomic E-state index is 9.83. The lowest BCUT2D eigenvalue weighted by Gasteiger charge is -1.76. The maximum absolute atomic E-state index is 9.83. The van der Waals surface area contributed by atoms with Gasteiger partial charge in [-0.15, -0.1) is 0 Å². The summed E-state index contributed by atoms with van der Waals surface area (Å²) in [6.07, 6.45) is 3.62. The highest BCUT2D eigenvalue weighted by molar-refractivity contribution is 5.95. The Bertz CT molecular complexity index is 281. The molecule has 0 spiro atoms. The van der Waals surface area contributed by atoms with Gasteiger partial charge in [-0.1, -0.05) is 0 Å². The van der Waals surface area contributed by atoms with E-state index in [1.165, 1.54) is 0 Å². The average molecular weight is 240 g/mol. The Morgan fingerprint density at radius 3 is 0.706 bits per heavy atom. The van der Waals surface area contributed by atoms with Crippen molar-refractivity contribution in [1.82, 2.24) is 0 Å². The Kier molecular flexibility index (Phi) is 13.4. The molecule has 0 aromatic rings. The molecule has 0 aromatic heterocycles. The van der Waals surface area contributed by atoms with Gasteiger partial charge in [0.15, 0.2) is 0 Å². The second-order valence-corrected chi connectivity index (χ2v) is 2.28. The van der Waals surface area contributed by atoms with Gasteiger partial charge < -0.3 is 22.9 Å². The van der Waals surface area contributed by atoms with E-state index in [1.54, 1.807) is 0 Å². The van der Waals surface area contributed by atoms with Crippen LogP contribution in [0.1, 0.15) is 0 Å². The van der Waals surface area contributed by atoms with E-state index < -0.39 is 23.6 Å². The number of carbonyl (C=O) groups excluding carboxylic acids is 4. The Balaban J connectivity index is -0.000000218. The highest BCUT2D eigenvalue weighted by Gasteiger charge is 1.84. The second kappa shape index (κ2) is 11.4. The third kappa shape index (κ3) is 31.8. The highest BCUT2D eigenvalue weighted by Crippen LogP contribution is 1.66. The summed E-state index contributed by atoms with van der Waals surface area (Å²) in [5.41, 5.74) is 18.4. The summed E-state index contributed by atoms with van der Waals surface area (Å²) in [4.78, 5) is 39.3. The fourth-order valence-corrected chi connectivity index (χ4v) is 0.329. The van der Waals surface area contributed by atoms with Crippen LogP contribution in [0.5, 0.6) is 0 Å². The molecule has 0 unspecified atom stereocenters. The lowest BCUT2D eigenvalue weighted by atomic mass is 10.5. The first-order chi connectivity index (χ1) is 7.25. The van der Waals surface area contributed by atoms with Crippen molar-refractivity contribution < 1.29 is 19.2 Å². The zero-order valence-corrected chi connectivity index (χ0v) is 8.75. The summed E-state index contributed by atoms with van der Waals surface area (Å²) in [7, 11) is 0. The van der Waals surface area contributed by atoms with E-state index in [1.807, 2.05) is 0 Å². The summed E-state index contributed by atoms with van der Waals surface area (Å²) in [6, 6.07) is 0. The molecule has 0 bridgehead atoms. The minimum Gasteiger partial charge on any atom is -0.366 e. The largest absolute Gasteiger partial charge is 0.366 e. The number of nitrogens with two attached hydrogens (primary N) is 4. The minimum absolute atomic E-state index is 0. The van der Waals surface area contributed by atoms with Gasteiger partial charge in [0.1, 0.15) is 0 Å². The first-order valence-corrected chi connectivity index (χ1v) is 3.79. The van der Waals surface area contributed by atoms with Crippen molar-refractivity contribution in [2.24, 2.45) is 22.9 Å². The van der Waals surface area contributed by atoms with E-state index in [4.69, 9.17) is 0 Å². The molecule has 92 valence electrons. The molecule has 4 radical (unpaired) electrons. The van der Waals surface area contributed by atoms with Gasteiger partial charge in [0.25, 0.3) is 0 Å². The number of primary amides is 4. The molecule has 8 N–H and O–H groups in total. The number of hydrogen-bond donors (Lipinski definition) is 4. The van der Waals surface area contributed by atoms with Crippen molar-refractivity contribution in [2.45, 2.75) is 0 Å². The first-order valence-electron chi connectivity index (χ1n) is 3.79. The summed E-state index contributed by atoms with van der Waals surface area (Å²) in [5, 5.41) is 0. The van der Waals surface area contributed by atoms with Gasteiger partial charge in [-0.25, -0.2) is 0 Å². The van der Waals surface area contributed by atoms with Crippen LogP contribution < -0.4 is 22.9 Å². The Morgan fingerprint density at radius 2 is 0.647 bits per heavy atom. The third-order valence-corrected chi connectivity index (χ3v) is 0.824. The van der Waals surface area contributed by atoms with E-state index in [-0.39, 0.29) is 7.43 Å². The van der Waals surface area contributed by atoms with Crippen LogP contribution in [0.2, 0.25) is 0 Å². The van der Waals surface area contributed by atoms with Gasteiger partial charge in [-0.3, -0.25) is 19.2 Å². The maximum Gasteiger partial charge on any atom is 0.241 e. The van der Waals surface area contributed by atoms with Crippen LogP contribution in [-0.4, -0.2) is 23.6 Å². The first kappa shape index (κ1) is 19.9. The van der Waals surface area contributed by atoms with Crippen LogP contribution in [0.25, 0.3) is 0 Å². The molecule has 0 fully saturated rings. The fourth-order valence-electron chi connectivity index (χ4n) is 0.329. The number of carbonyl (C=O) groups is 4. The average Bonchev–Trinajstić information content (AvgIpc) is 2.12. The van der Waals surface area contributed by atoms with E-state index >= 15 is 0 Å². The topological polar surface area (TPSA) is 172 Å². The molecule has 0 saturated heterocycles. The van der Waals surface area contributed by atoms with Gasteiger partial charge in [-0.2, -0.15) is 0 Å². The summed E-state index contributed by atoms with van der Waals surface area (Å²) >= 11 is 0. The van der Waals surface area contributed by atoms with Crippen molar-refractivity contribution in [1.29, 1.82) is 0 Å². The van der Waals surface area contributed by atoms with Crippen molar-refractivity contribution >= 4 is 23.6 Å². The summed E-state index contributed by atoms with van der Waals surface area (Å²) in [6.45, 7) is 0. The normalized spacial score (nSPS) is 8.94. The molecule has 17 heavy (non-hydrogen) atoms. The SMILES string of the molecule is NC(=O)/C=C\C(N)=O.NC(=O)/C=C\C(N)=O.[C]. The molecule has 0 aliphatic carbocycles. The van der Waals surface area contributed by atoms with Crippen LogP contribution in [0.15, 0.2) is 24.3 Å². The highest BCUT2D eigenvalue weighted by atomic mass is 16.2. The molecule has 8 nitrogen and oxygen atoms in total. The molecule has 0 aromatic carbocycles. The molecular weight excluding hydrogens is 228 g/mol. The molecule has 4 amide bonds. The fraction of sp³-hybridized carbons (Fsp3) is 0. The van der Waals surface area contributed by atoms with Gasteiger partial charge in [0.2, 0.25) is 23.6 Å². The van der Waals surface area contributed by atoms with Gasteiger partial charge in [-0.05, 0) is 0 Å². The van der Waals surface area contributed by atoms with Crippen LogP contribution in [0.4, 0.5) is 0 Å². The Labute approximate surface area is 98.3 Å². The van der Waals surface area contributed by atoms with E-state index in [2.05, 4.69) is 22.9 Å². The predicted octanol–water partition coefficient (Wildman–Crippen LogP) is -2.89. The van der Waals surface area contributed by atoms with E-state index in [0.717, 1.165) is 24.3 Å². The number of amides is 4. The van der Waals surface area contributed by atoms with Crippen molar-refractivity contribution in [3.63, 3.8) is 0 Å². The third-order valence-electron chi connectivity index (χ3n) is 0.824. The van der Waals surface area contributed by atoms with Crippen LogP contribution in [0.3, 0.4) is 0 Å². The van der Waals surface area contributed by atoms with Gasteiger partial charge in [0.05, 0.1) is 0 Å². The molecule has 0 rings (SSSR count). The van der Waals surface area contributed by atoms with Crippen molar-refractivity contribution in [2.75, 3.05) is 0 Å². The quantitative estimate of drug-likeness (QED) is 0.386. The second-order valence-electron chi connectivity index (χ2n) is 2.28. The van der Waals surface area contributed by atoms with Crippen LogP contribution in [0, 0.1) is 7.43 Å². The monoisotopic (exact) mass is 240 g/mol. The zero-order valence-electron chi connectivity index (χ0n) is 8.75. The van der Waals surface area contributed by atoms with Crippen molar-refractivity contribution in [3.8, 4) is 0 Å². The summed E-state index contributed by atoms with van der Waals surface area (Å²) in [5.74, 6) is -2.71. The Morgan fingerprint density at radius 1 is 0.529 bits per heavy atom. The molecule has 0 heterocycles. The van der Waals surface area contributed by atoms with Crippen molar-refractivity contribution in [3.05, 3.63) is 31.7 Å². The minimum atomic E-state index is -0.677. The van der Waals surface area contributed by atoms with E-state index in [0.29, 0.717) is 0 Å².